The van der Waals surface area contributed by atoms with Crippen LogP contribution in [0.15, 0.2) is 35.7 Å². The highest BCUT2D eigenvalue weighted by Gasteiger charge is 2.17. The van der Waals surface area contributed by atoms with Crippen molar-refractivity contribution in [2.24, 2.45) is 0 Å². The van der Waals surface area contributed by atoms with Gasteiger partial charge in [0.05, 0.1) is 12.7 Å². The second-order valence-corrected chi connectivity index (χ2v) is 5.84. The summed E-state index contributed by atoms with van der Waals surface area (Å²) in [6.45, 7) is 1.37. The SMILES string of the molecule is COc1cccc(F)c1C(=O)CCN(C)Cc1cccs1. The second-order valence-electron chi connectivity index (χ2n) is 4.81. The van der Waals surface area contributed by atoms with E-state index >= 15 is 0 Å². The summed E-state index contributed by atoms with van der Waals surface area (Å²) in [5, 5.41) is 2.03. The Morgan fingerprint density at radius 3 is 2.81 bits per heavy atom. The molecule has 21 heavy (non-hydrogen) atoms. The van der Waals surface area contributed by atoms with Gasteiger partial charge in [-0.25, -0.2) is 4.39 Å². The highest BCUT2D eigenvalue weighted by molar-refractivity contribution is 7.09. The van der Waals surface area contributed by atoms with Gasteiger partial charge in [-0.2, -0.15) is 0 Å². The molecule has 2 rings (SSSR count). The van der Waals surface area contributed by atoms with Crippen molar-refractivity contribution in [3.63, 3.8) is 0 Å². The van der Waals surface area contributed by atoms with Crippen LogP contribution in [0.25, 0.3) is 0 Å². The van der Waals surface area contributed by atoms with Gasteiger partial charge in [-0.15, -0.1) is 11.3 Å². The molecule has 0 bridgehead atoms. The van der Waals surface area contributed by atoms with Crippen molar-refractivity contribution in [3.05, 3.63) is 52.0 Å². The summed E-state index contributed by atoms with van der Waals surface area (Å²) in [7, 11) is 3.39. The molecule has 5 heteroatoms. The highest BCUT2D eigenvalue weighted by Crippen LogP contribution is 2.23. The van der Waals surface area contributed by atoms with Crippen molar-refractivity contribution in [2.45, 2.75) is 13.0 Å². The molecule has 3 nitrogen and oxygen atoms in total. The molecular formula is C16H18FNO2S. The lowest BCUT2D eigenvalue weighted by Crippen LogP contribution is -2.21. The van der Waals surface area contributed by atoms with Gasteiger partial charge in [0.2, 0.25) is 0 Å². The molecule has 0 fully saturated rings. The molecule has 1 aromatic carbocycles. The number of halogens is 1. The average Bonchev–Trinajstić information content (AvgIpc) is 2.97. The van der Waals surface area contributed by atoms with E-state index in [4.69, 9.17) is 4.74 Å². The Morgan fingerprint density at radius 2 is 2.14 bits per heavy atom. The third kappa shape index (κ3) is 4.12. The third-order valence-electron chi connectivity index (χ3n) is 3.20. The first-order valence-electron chi connectivity index (χ1n) is 6.68. The molecule has 0 saturated carbocycles. The average molecular weight is 307 g/mol. The normalized spacial score (nSPS) is 10.9. The zero-order chi connectivity index (χ0) is 15.2. The number of ether oxygens (including phenoxy) is 1. The van der Waals surface area contributed by atoms with Gasteiger partial charge in [-0.05, 0) is 30.6 Å². The van der Waals surface area contributed by atoms with Crippen LogP contribution in [0.3, 0.4) is 0 Å². The Hall–Kier alpha value is -1.72. The molecule has 0 aliphatic rings. The van der Waals surface area contributed by atoms with Crippen molar-refractivity contribution in [1.29, 1.82) is 0 Å². The van der Waals surface area contributed by atoms with Crippen molar-refractivity contribution in [3.8, 4) is 5.75 Å². The zero-order valence-corrected chi connectivity index (χ0v) is 13.0. The first-order valence-corrected chi connectivity index (χ1v) is 7.56. The van der Waals surface area contributed by atoms with Gasteiger partial charge in [0.1, 0.15) is 11.6 Å². The number of carbonyl (C=O) groups excluding carboxylic acids is 1. The summed E-state index contributed by atoms with van der Waals surface area (Å²) in [4.78, 5) is 15.5. The van der Waals surface area contributed by atoms with E-state index in [1.165, 1.54) is 24.1 Å². The van der Waals surface area contributed by atoms with E-state index in [1.807, 2.05) is 18.5 Å². The molecule has 1 aromatic heterocycles. The molecular weight excluding hydrogens is 289 g/mol. The number of hydrogen-bond donors (Lipinski definition) is 0. The monoisotopic (exact) mass is 307 g/mol. The van der Waals surface area contributed by atoms with Crippen LogP contribution in [0.4, 0.5) is 4.39 Å². The molecule has 0 spiro atoms. The van der Waals surface area contributed by atoms with Gasteiger partial charge in [-0.1, -0.05) is 12.1 Å². The number of thiophene rings is 1. The van der Waals surface area contributed by atoms with E-state index < -0.39 is 5.82 Å². The van der Waals surface area contributed by atoms with Gasteiger partial charge in [0.15, 0.2) is 5.78 Å². The number of benzene rings is 1. The number of nitrogens with zero attached hydrogens (tertiary/aromatic N) is 1. The molecule has 0 atom stereocenters. The number of ketones is 1. The van der Waals surface area contributed by atoms with Crippen LogP contribution in [-0.4, -0.2) is 31.4 Å². The minimum Gasteiger partial charge on any atom is -0.496 e. The number of hydrogen-bond acceptors (Lipinski definition) is 4. The maximum Gasteiger partial charge on any atom is 0.170 e. The minimum atomic E-state index is -0.528. The molecule has 0 aliphatic carbocycles. The van der Waals surface area contributed by atoms with E-state index in [0.717, 1.165) is 6.54 Å². The number of Topliss-reactive ketones (excluding diaryl/α,β-unsaturated/α-hetero) is 1. The third-order valence-corrected chi connectivity index (χ3v) is 4.06. The summed E-state index contributed by atoms with van der Waals surface area (Å²) in [6.07, 6.45) is 0.263. The molecule has 2 aromatic rings. The van der Waals surface area contributed by atoms with E-state index in [1.54, 1.807) is 17.4 Å². The molecule has 0 amide bonds. The predicted octanol–water partition coefficient (Wildman–Crippen LogP) is 3.60. The quantitative estimate of drug-likeness (QED) is 0.732. The molecule has 0 radical (unpaired) electrons. The van der Waals surface area contributed by atoms with Crippen molar-refractivity contribution in [2.75, 3.05) is 20.7 Å². The lowest BCUT2D eigenvalue weighted by Gasteiger charge is -2.15. The van der Waals surface area contributed by atoms with E-state index in [9.17, 15) is 9.18 Å². The van der Waals surface area contributed by atoms with Gasteiger partial charge in [-0.3, -0.25) is 4.79 Å². The number of methoxy groups -OCH3 is 1. The van der Waals surface area contributed by atoms with Gasteiger partial charge in [0.25, 0.3) is 0 Å². The fraction of sp³-hybridized carbons (Fsp3) is 0.312. The standard InChI is InChI=1S/C16H18FNO2S/c1-18(11-12-5-4-10-21-12)9-8-14(19)16-13(17)6-3-7-15(16)20-2/h3-7,10H,8-9,11H2,1-2H3. The minimum absolute atomic E-state index is 0.0459. The molecule has 0 saturated heterocycles. The lowest BCUT2D eigenvalue weighted by atomic mass is 10.1. The van der Waals surface area contributed by atoms with Crippen LogP contribution < -0.4 is 4.74 Å². The maximum atomic E-state index is 13.8. The topological polar surface area (TPSA) is 29.5 Å². The summed E-state index contributed by atoms with van der Waals surface area (Å²) >= 11 is 1.68. The summed E-state index contributed by atoms with van der Waals surface area (Å²) in [5.74, 6) is -0.468. The van der Waals surface area contributed by atoms with Crippen LogP contribution in [0.2, 0.25) is 0 Å². The van der Waals surface area contributed by atoms with E-state index in [2.05, 4.69) is 11.0 Å². The fourth-order valence-corrected chi connectivity index (χ4v) is 2.89. The summed E-state index contributed by atoms with van der Waals surface area (Å²) in [6, 6.07) is 8.48. The van der Waals surface area contributed by atoms with Gasteiger partial charge < -0.3 is 9.64 Å². The summed E-state index contributed by atoms with van der Waals surface area (Å²) < 4.78 is 18.9. The van der Waals surface area contributed by atoms with Gasteiger partial charge in [0, 0.05) is 24.4 Å². The molecule has 1 heterocycles. The first-order chi connectivity index (χ1) is 10.1. The van der Waals surface area contributed by atoms with Crippen LogP contribution in [-0.2, 0) is 6.54 Å². The van der Waals surface area contributed by atoms with Crippen LogP contribution in [0.5, 0.6) is 5.75 Å². The molecule has 0 N–H and O–H groups in total. The van der Waals surface area contributed by atoms with Crippen LogP contribution in [0.1, 0.15) is 21.7 Å². The molecule has 112 valence electrons. The Morgan fingerprint density at radius 1 is 1.33 bits per heavy atom. The smallest absolute Gasteiger partial charge is 0.170 e. The maximum absolute atomic E-state index is 13.8. The lowest BCUT2D eigenvalue weighted by molar-refractivity contribution is 0.0961. The Labute approximate surface area is 128 Å². The van der Waals surface area contributed by atoms with Gasteiger partial charge >= 0.3 is 0 Å². The Balaban J connectivity index is 1.96. The molecule has 0 unspecified atom stereocenters. The largest absolute Gasteiger partial charge is 0.496 e. The highest BCUT2D eigenvalue weighted by atomic mass is 32.1. The van der Waals surface area contributed by atoms with Crippen molar-refractivity contribution in [1.82, 2.24) is 4.90 Å². The second kappa shape index (κ2) is 7.33. The number of rotatable bonds is 7. The number of carbonyl (C=O) groups is 1. The van der Waals surface area contributed by atoms with E-state index in [-0.39, 0.29) is 17.8 Å². The Bertz CT molecular complexity index is 598. The van der Waals surface area contributed by atoms with Crippen molar-refractivity contribution >= 4 is 17.1 Å². The summed E-state index contributed by atoms with van der Waals surface area (Å²) in [5.41, 5.74) is 0.0459. The first kappa shape index (κ1) is 15.7. The Kier molecular flexibility index (Phi) is 5.47. The van der Waals surface area contributed by atoms with E-state index in [0.29, 0.717) is 12.3 Å². The van der Waals surface area contributed by atoms with Crippen LogP contribution >= 0.6 is 11.3 Å². The predicted molar refractivity (Wildman–Crippen MR) is 82.6 cm³/mol. The van der Waals surface area contributed by atoms with Crippen molar-refractivity contribution < 1.29 is 13.9 Å². The fourth-order valence-electron chi connectivity index (χ4n) is 2.11. The zero-order valence-electron chi connectivity index (χ0n) is 12.1. The molecule has 0 aliphatic heterocycles. The van der Waals surface area contributed by atoms with Crippen LogP contribution in [0, 0.1) is 5.82 Å².